The highest BCUT2D eigenvalue weighted by Gasteiger charge is 2.28. The van der Waals surface area contributed by atoms with E-state index in [1.807, 2.05) is 6.92 Å². The molecule has 3 rings (SSSR count). The van der Waals surface area contributed by atoms with Crippen LogP contribution in [0.2, 0.25) is 0 Å². The number of halogens is 3. The van der Waals surface area contributed by atoms with Crippen molar-refractivity contribution in [2.24, 2.45) is 0 Å². The van der Waals surface area contributed by atoms with Crippen molar-refractivity contribution in [3.8, 4) is 5.75 Å². The highest BCUT2D eigenvalue weighted by atomic mass is 19.4. The monoisotopic (exact) mass is 364 g/mol. The number of benzene rings is 1. The summed E-state index contributed by atoms with van der Waals surface area (Å²) in [6.07, 6.45) is -2.93. The lowest BCUT2D eigenvalue weighted by Crippen LogP contribution is -2.19. The van der Waals surface area contributed by atoms with E-state index in [1.54, 1.807) is 12.1 Å². The molecule has 0 saturated carbocycles. The van der Waals surface area contributed by atoms with Crippen LogP contribution in [0.5, 0.6) is 5.75 Å². The molecule has 2 aromatic heterocycles. The van der Waals surface area contributed by atoms with Gasteiger partial charge in [0.2, 0.25) is 5.91 Å². The molecule has 0 radical (unpaired) electrons. The number of pyridine rings is 1. The lowest BCUT2D eigenvalue weighted by molar-refractivity contribution is -0.153. The van der Waals surface area contributed by atoms with E-state index in [9.17, 15) is 18.0 Å². The Balaban J connectivity index is 1.64. The molecule has 0 fully saturated rings. The minimum absolute atomic E-state index is 0.00831. The Bertz CT molecular complexity index is 937. The van der Waals surface area contributed by atoms with Gasteiger partial charge in [-0.25, -0.2) is 4.98 Å². The quantitative estimate of drug-likeness (QED) is 0.727. The van der Waals surface area contributed by atoms with Gasteiger partial charge in [0.25, 0.3) is 0 Å². The molecule has 2 N–H and O–H groups in total. The van der Waals surface area contributed by atoms with E-state index >= 15 is 0 Å². The number of ether oxygens (including phenoxy) is 1. The van der Waals surface area contributed by atoms with Gasteiger partial charge in [0.15, 0.2) is 12.3 Å². The maximum Gasteiger partial charge on any atom is 0.422 e. The van der Waals surface area contributed by atoms with Crippen LogP contribution < -0.4 is 10.1 Å². The second-order valence-corrected chi connectivity index (χ2v) is 5.72. The zero-order valence-electron chi connectivity index (χ0n) is 13.7. The number of nitrogens with one attached hydrogen (secondary N) is 2. The smallest absolute Gasteiger partial charge is 0.422 e. The number of amides is 1. The average molecular weight is 364 g/mol. The Labute approximate surface area is 146 Å². The summed E-state index contributed by atoms with van der Waals surface area (Å²) in [6.45, 7) is 0.466. The van der Waals surface area contributed by atoms with Crippen LogP contribution in [-0.2, 0) is 11.2 Å². The molecule has 2 heterocycles. The Morgan fingerprint density at radius 1 is 1.31 bits per heavy atom. The third-order valence-corrected chi connectivity index (χ3v) is 3.55. The van der Waals surface area contributed by atoms with Gasteiger partial charge >= 0.3 is 6.18 Å². The molecule has 26 heavy (non-hydrogen) atoms. The van der Waals surface area contributed by atoms with Crippen LogP contribution in [0.25, 0.3) is 11.0 Å². The van der Waals surface area contributed by atoms with Crippen molar-refractivity contribution < 1.29 is 22.7 Å². The first-order chi connectivity index (χ1) is 12.3. The highest BCUT2D eigenvalue weighted by Crippen LogP contribution is 2.20. The average Bonchev–Trinajstić information content (AvgIpc) is 2.93. The van der Waals surface area contributed by atoms with Gasteiger partial charge in [-0.05, 0) is 30.7 Å². The molecule has 0 saturated heterocycles. The third-order valence-electron chi connectivity index (χ3n) is 3.55. The van der Waals surface area contributed by atoms with Crippen LogP contribution in [0, 0.1) is 6.92 Å². The van der Waals surface area contributed by atoms with Gasteiger partial charge in [-0.1, -0.05) is 12.1 Å². The maximum atomic E-state index is 12.2. The molecule has 0 aliphatic carbocycles. The first-order valence-electron chi connectivity index (χ1n) is 7.69. The van der Waals surface area contributed by atoms with Gasteiger partial charge in [-0.2, -0.15) is 18.3 Å². The van der Waals surface area contributed by atoms with E-state index in [2.05, 4.69) is 25.2 Å². The molecule has 0 spiro atoms. The van der Waals surface area contributed by atoms with Crippen molar-refractivity contribution in [2.75, 3.05) is 11.9 Å². The van der Waals surface area contributed by atoms with Gasteiger partial charge in [-0.15, -0.1) is 0 Å². The third kappa shape index (κ3) is 4.50. The van der Waals surface area contributed by atoms with Crippen molar-refractivity contribution in [2.45, 2.75) is 19.5 Å². The number of hydrogen-bond acceptors (Lipinski definition) is 4. The number of aromatic amines is 1. The van der Waals surface area contributed by atoms with Crippen LogP contribution in [0.1, 0.15) is 11.3 Å². The Kier molecular flexibility index (Phi) is 4.79. The van der Waals surface area contributed by atoms with Crippen molar-refractivity contribution in [1.82, 2.24) is 15.2 Å². The Morgan fingerprint density at radius 3 is 2.88 bits per heavy atom. The molecule has 6 nitrogen and oxygen atoms in total. The number of aromatic nitrogens is 3. The number of alkyl halides is 3. The lowest BCUT2D eigenvalue weighted by Gasteiger charge is -2.10. The standard InChI is InChI=1S/C17H15F3N4O2/c1-10-14-7-12(8-21-16(14)24-23-10)22-15(25)6-11-3-2-4-13(5-11)26-9-17(18,19)20/h2-5,7-8H,6,9H2,1H3,(H,22,25)(H,21,23,24). The number of anilines is 1. The first kappa shape index (κ1) is 17.7. The largest absolute Gasteiger partial charge is 0.484 e. The molecule has 136 valence electrons. The minimum Gasteiger partial charge on any atom is -0.484 e. The maximum absolute atomic E-state index is 12.2. The number of H-pyrrole nitrogens is 1. The second kappa shape index (κ2) is 7.03. The Hall–Kier alpha value is -3.10. The van der Waals surface area contributed by atoms with Gasteiger partial charge in [0.1, 0.15) is 5.75 Å². The lowest BCUT2D eigenvalue weighted by atomic mass is 10.1. The van der Waals surface area contributed by atoms with E-state index in [1.165, 1.54) is 24.4 Å². The Morgan fingerprint density at radius 2 is 2.12 bits per heavy atom. The molecule has 1 aromatic carbocycles. The number of fused-ring (bicyclic) bond motifs is 1. The fourth-order valence-electron chi connectivity index (χ4n) is 2.39. The predicted octanol–water partition coefficient (Wildman–Crippen LogP) is 3.39. The fourth-order valence-corrected chi connectivity index (χ4v) is 2.39. The normalized spacial score (nSPS) is 11.5. The number of carbonyl (C=O) groups is 1. The summed E-state index contributed by atoms with van der Waals surface area (Å²) in [6, 6.07) is 7.75. The van der Waals surface area contributed by atoms with E-state index in [4.69, 9.17) is 0 Å². The van der Waals surface area contributed by atoms with E-state index in [-0.39, 0.29) is 18.1 Å². The zero-order chi connectivity index (χ0) is 18.7. The van der Waals surface area contributed by atoms with Crippen molar-refractivity contribution in [3.05, 3.63) is 47.8 Å². The van der Waals surface area contributed by atoms with E-state index in [0.29, 0.717) is 16.9 Å². The number of hydrogen-bond donors (Lipinski definition) is 2. The van der Waals surface area contributed by atoms with Crippen LogP contribution in [-0.4, -0.2) is 33.9 Å². The molecule has 0 atom stereocenters. The number of aryl methyl sites for hydroxylation is 1. The number of nitrogens with zero attached hydrogens (tertiary/aromatic N) is 2. The molecule has 1 amide bonds. The second-order valence-electron chi connectivity index (χ2n) is 5.72. The minimum atomic E-state index is -4.41. The summed E-state index contributed by atoms with van der Waals surface area (Å²) in [4.78, 5) is 16.3. The summed E-state index contributed by atoms with van der Waals surface area (Å²) in [5, 5.41) is 10.3. The summed E-state index contributed by atoms with van der Waals surface area (Å²) in [7, 11) is 0. The van der Waals surface area contributed by atoms with Gasteiger partial charge in [0.05, 0.1) is 18.3 Å². The van der Waals surface area contributed by atoms with Crippen molar-refractivity contribution in [1.29, 1.82) is 0 Å². The van der Waals surface area contributed by atoms with Crippen LogP contribution in [0.15, 0.2) is 36.5 Å². The molecule has 0 bridgehead atoms. The summed E-state index contributed by atoms with van der Waals surface area (Å²) in [5.41, 5.74) is 2.43. The van der Waals surface area contributed by atoms with Gasteiger partial charge in [0, 0.05) is 11.1 Å². The number of carbonyl (C=O) groups excluding carboxylic acids is 1. The predicted molar refractivity (Wildman–Crippen MR) is 89.0 cm³/mol. The van der Waals surface area contributed by atoms with Crippen LogP contribution >= 0.6 is 0 Å². The SMILES string of the molecule is Cc1[nH]nc2ncc(NC(=O)Cc3cccc(OCC(F)(F)F)c3)cc12. The van der Waals surface area contributed by atoms with Gasteiger partial charge < -0.3 is 10.1 Å². The molecular formula is C17H15F3N4O2. The topological polar surface area (TPSA) is 79.9 Å². The van der Waals surface area contributed by atoms with Crippen molar-refractivity contribution >= 4 is 22.6 Å². The van der Waals surface area contributed by atoms with Crippen LogP contribution in [0.3, 0.4) is 0 Å². The molecule has 9 heteroatoms. The molecular weight excluding hydrogens is 349 g/mol. The van der Waals surface area contributed by atoms with E-state index in [0.717, 1.165) is 11.1 Å². The molecule has 3 aromatic rings. The highest BCUT2D eigenvalue weighted by molar-refractivity contribution is 5.94. The van der Waals surface area contributed by atoms with Gasteiger partial charge in [-0.3, -0.25) is 9.89 Å². The summed E-state index contributed by atoms with van der Waals surface area (Å²) < 4.78 is 41.3. The van der Waals surface area contributed by atoms with Crippen LogP contribution in [0.4, 0.5) is 18.9 Å². The first-order valence-corrected chi connectivity index (χ1v) is 7.69. The molecule has 0 aliphatic rings. The summed E-state index contributed by atoms with van der Waals surface area (Å²) >= 11 is 0. The summed E-state index contributed by atoms with van der Waals surface area (Å²) in [5.74, 6) is -0.259. The zero-order valence-corrected chi connectivity index (χ0v) is 13.7. The fraction of sp³-hybridized carbons (Fsp3) is 0.235. The molecule has 0 aliphatic heterocycles. The molecule has 0 unspecified atom stereocenters. The van der Waals surface area contributed by atoms with Crippen molar-refractivity contribution in [3.63, 3.8) is 0 Å². The van der Waals surface area contributed by atoms with E-state index < -0.39 is 12.8 Å². The number of rotatable bonds is 5.